The molecule has 102 valence electrons. The first-order chi connectivity index (χ1) is 9.47. The molecule has 1 N–H and O–H groups in total. The SMILES string of the molecule is O=C(Nc1cccc([N+](=O)[O-])c1)c1cc(I)ccc1I. The Morgan fingerprint density at radius 1 is 1.15 bits per heavy atom. The van der Waals surface area contributed by atoms with Crippen molar-refractivity contribution in [3.8, 4) is 0 Å². The Morgan fingerprint density at radius 2 is 1.90 bits per heavy atom. The summed E-state index contributed by atoms with van der Waals surface area (Å²) in [6.45, 7) is 0. The summed E-state index contributed by atoms with van der Waals surface area (Å²) < 4.78 is 1.78. The Balaban J connectivity index is 2.25. The zero-order valence-corrected chi connectivity index (χ0v) is 14.3. The summed E-state index contributed by atoms with van der Waals surface area (Å²) in [5, 5.41) is 13.4. The molecule has 0 atom stereocenters. The molecule has 2 aromatic carbocycles. The number of anilines is 1. The Hall–Kier alpha value is -1.23. The summed E-state index contributed by atoms with van der Waals surface area (Å²) >= 11 is 4.21. The molecular formula is C13H8I2N2O3. The number of amides is 1. The summed E-state index contributed by atoms with van der Waals surface area (Å²) in [4.78, 5) is 22.4. The highest BCUT2D eigenvalue weighted by Crippen LogP contribution is 2.20. The van der Waals surface area contributed by atoms with Crippen molar-refractivity contribution in [2.75, 3.05) is 5.32 Å². The first kappa shape index (κ1) is 15.2. The Labute approximate surface area is 142 Å². The lowest BCUT2D eigenvalue weighted by Crippen LogP contribution is -2.13. The number of hydrogen-bond acceptors (Lipinski definition) is 3. The Morgan fingerprint density at radius 3 is 2.60 bits per heavy atom. The maximum absolute atomic E-state index is 12.2. The minimum Gasteiger partial charge on any atom is -0.322 e. The fraction of sp³-hybridized carbons (Fsp3) is 0. The first-order valence-electron chi connectivity index (χ1n) is 5.48. The molecule has 0 aliphatic heterocycles. The standard InChI is InChI=1S/C13H8I2N2O3/c14-8-4-5-12(15)11(6-8)13(18)16-9-2-1-3-10(7-9)17(19)20/h1-7H,(H,16,18). The second kappa shape index (κ2) is 6.48. The van der Waals surface area contributed by atoms with Crippen LogP contribution in [0.25, 0.3) is 0 Å². The highest BCUT2D eigenvalue weighted by Gasteiger charge is 2.12. The van der Waals surface area contributed by atoms with E-state index in [1.54, 1.807) is 12.1 Å². The van der Waals surface area contributed by atoms with Crippen LogP contribution in [0.2, 0.25) is 0 Å². The van der Waals surface area contributed by atoms with E-state index in [1.807, 2.05) is 12.1 Å². The zero-order chi connectivity index (χ0) is 14.7. The largest absolute Gasteiger partial charge is 0.322 e. The van der Waals surface area contributed by atoms with Crippen molar-refractivity contribution in [1.29, 1.82) is 0 Å². The predicted molar refractivity (Wildman–Crippen MR) is 92.9 cm³/mol. The van der Waals surface area contributed by atoms with Gasteiger partial charge < -0.3 is 5.32 Å². The number of non-ortho nitro benzene ring substituents is 1. The lowest BCUT2D eigenvalue weighted by atomic mass is 10.2. The van der Waals surface area contributed by atoms with E-state index in [0.29, 0.717) is 11.3 Å². The number of halogens is 2. The lowest BCUT2D eigenvalue weighted by molar-refractivity contribution is -0.384. The molecule has 2 aromatic rings. The molecule has 0 spiro atoms. The van der Waals surface area contributed by atoms with E-state index >= 15 is 0 Å². The predicted octanol–water partition coefficient (Wildman–Crippen LogP) is 4.06. The third kappa shape index (κ3) is 3.66. The second-order valence-corrected chi connectivity index (χ2v) is 6.29. The average Bonchev–Trinajstić information content (AvgIpc) is 2.41. The van der Waals surface area contributed by atoms with Gasteiger partial charge in [0.2, 0.25) is 0 Å². The van der Waals surface area contributed by atoms with Gasteiger partial charge in [-0.2, -0.15) is 0 Å². The minimum atomic E-state index is -0.495. The molecule has 0 saturated heterocycles. The maximum Gasteiger partial charge on any atom is 0.271 e. The van der Waals surface area contributed by atoms with Crippen molar-refractivity contribution in [2.24, 2.45) is 0 Å². The van der Waals surface area contributed by atoms with Gasteiger partial charge in [0.1, 0.15) is 0 Å². The number of carbonyl (C=O) groups is 1. The molecule has 0 unspecified atom stereocenters. The van der Waals surface area contributed by atoms with Crippen LogP contribution in [-0.2, 0) is 0 Å². The number of nitro groups is 1. The van der Waals surface area contributed by atoms with E-state index in [-0.39, 0.29) is 11.6 Å². The number of hydrogen-bond donors (Lipinski definition) is 1. The summed E-state index contributed by atoms with van der Waals surface area (Å²) in [5.41, 5.74) is 0.892. The van der Waals surface area contributed by atoms with Crippen molar-refractivity contribution < 1.29 is 9.72 Å². The monoisotopic (exact) mass is 494 g/mol. The van der Waals surface area contributed by atoms with Gasteiger partial charge in [-0.25, -0.2) is 0 Å². The number of benzene rings is 2. The van der Waals surface area contributed by atoms with E-state index in [0.717, 1.165) is 7.14 Å². The molecule has 0 bridgehead atoms. The zero-order valence-electron chi connectivity index (χ0n) is 9.97. The average molecular weight is 494 g/mol. The van der Waals surface area contributed by atoms with Gasteiger partial charge in [0.15, 0.2) is 0 Å². The van der Waals surface area contributed by atoms with Gasteiger partial charge in [0, 0.05) is 25.0 Å². The van der Waals surface area contributed by atoms with Crippen molar-refractivity contribution in [3.05, 3.63) is 65.3 Å². The lowest BCUT2D eigenvalue weighted by Gasteiger charge is -2.07. The molecule has 0 fully saturated rings. The smallest absolute Gasteiger partial charge is 0.271 e. The molecular weight excluding hydrogens is 486 g/mol. The van der Waals surface area contributed by atoms with Gasteiger partial charge in [-0.1, -0.05) is 6.07 Å². The fourth-order valence-electron chi connectivity index (χ4n) is 1.57. The molecule has 1 amide bonds. The number of carbonyl (C=O) groups excluding carboxylic acids is 1. The summed E-state index contributed by atoms with van der Waals surface area (Å²) in [5.74, 6) is -0.284. The minimum absolute atomic E-state index is 0.0554. The van der Waals surface area contributed by atoms with Gasteiger partial charge in [-0.3, -0.25) is 14.9 Å². The molecule has 0 radical (unpaired) electrons. The highest BCUT2D eigenvalue weighted by molar-refractivity contribution is 14.1. The van der Waals surface area contributed by atoms with E-state index in [2.05, 4.69) is 50.5 Å². The van der Waals surface area contributed by atoms with Crippen LogP contribution in [0.1, 0.15) is 10.4 Å². The molecule has 0 aromatic heterocycles. The van der Waals surface area contributed by atoms with Crippen LogP contribution in [0.3, 0.4) is 0 Å². The number of nitrogens with one attached hydrogen (secondary N) is 1. The molecule has 20 heavy (non-hydrogen) atoms. The molecule has 7 heteroatoms. The summed E-state index contributed by atoms with van der Waals surface area (Å²) in [6.07, 6.45) is 0. The topological polar surface area (TPSA) is 72.2 Å². The molecule has 2 rings (SSSR count). The van der Waals surface area contributed by atoms with Crippen LogP contribution < -0.4 is 5.32 Å². The highest BCUT2D eigenvalue weighted by atomic mass is 127. The van der Waals surface area contributed by atoms with E-state index in [1.165, 1.54) is 18.2 Å². The quantitative estimate of drug-likeness (QED) is 0.398. The summed E-state index contributed by atoms with van der Waals surface area (Å²) in [6, 6.07) is 11.4. The summed E-state index contributed by atoms with van der Waals surface area (Å²) in [7, 11) is 0. The van der Waals surface area contributed by atoms with Gasteiger partial charge in [-0.05, 0) is 69.4 Å². The number of rotatable bonds is 3. The maximum atomic E-state index is 12.2. The molecule has 0 saturated carbocycles. The Bertz CT molecular complexity index is 689. The van der Waals surface area contributed by atoms with Gasteiger partial charge in [0.25, 0.3) is 11.6 Å². The number of nitro benzene ring substituents is 1. The first-order valence-corrected chi connectivity index (χ1v) is 7.64. The van der Waals surface area contributed by atoms with Crippen LogP contribution in [0.15, 0.2) is 42.5 Å². The molecule has 0 aliphatic carbocycles. The molecule has 0 heterocycles. The second-order valence-electron chi connectivity index (χ2n) is 3.89. The van der Waals surface area contributed by atoms with Crippen LogP contribution in [-0.4, -0.2) is 10.8 Å². The van der Waals surface area contributed by atoms with Crippen LogP contribution >= 0.6 is 45.2 Å². The normalized spacial score (nSPS) is 10.1. The fourth-order valence-corrected chi connectivity index (χ4v) is 2.64. The van der Waals surface area contributed by atoms with Crippen molar-refractivity contribution in [3.63, 3.8) is 0 Å². The van der Waals surface area contributed by atoms with Crippen LogP contribution in [0.4, 0.5) is 11.4 Å². The van der Waals surface area contributed by atoms with Gasteiger partial charge in [0.05, 0.1) is 10.5 Å². The third-order valence-corrected chi connectivity index (χ3v) is 4.10. The van der Waals surface area contributed by atoms with Crippen molar-refractivity contribution in [2.45, 2.75) is 0 Å². The van der Waals surface area contributed by atoms with Crippen LogP contribution in [0, 0.1) is 17.3 Å². The van der Waals surface area contributed by atoms with E-state index in [9.17, 15) is 14.9 Å². The van der Waals surface area contributed by atoms with E-state index in [4.69, 9.17) is 0 Å². The van der Waals surface area contributed by atoms with E-state index < -0.39 is 4.92 Å². The van der Waals surface area contributed by atoms with Gasteiger partial charge >= 0.3 is 0 Å². The van der Waals surface area contributed by atoms with Crippen molar-refractivity contribution >= 4 is 62.5 Å². The third-order valence-electron chi connectivity index (χ3n) is 2.49. The molecule has 0 aliphatic rings. The molecule has 5 nitrogen and oxygen atoms in total. The van der Waals surface area contributed by atoms with Crippen LogP contribution in [0.5, 0.6) is 0 Å². The Kier molecular flexibility index (Phi) is 4.91. The van der Waals surface area contributed by atoms with Crippen molar-refractivity contribution in [1.82, 2.24) is 0 Å². The van der Waals surface area contributed by atoms with Gasteiger partial charge in [-0.15, -0.1) is 0 Å². The number of nitrogens with zero attached hydrogens (tertiary/aromatic N) is 1.